The third-order valence-electron chi connectivity index (χ3n) is 3.54. The second-order valence-electron chi connectivity index (χ2n) is 5.74. The number of carbonyl (C=O) groups is 3. The average molecular weight is 323 g/mol. The van der Waals surface area contributed by atoms with E-state index in [9.17, 15) is 14.4 Å². The van der Waals surface area contributed by atoms with E-state index in [4.69, 9.17) is 9.52 Å². The van der Waals surface area contributed by atoms with Crippen LogP contribution >= 0.6 is 0 Å². The lowest BCUT2D eigenvalue weighted by atomic mass is 10.2. The van der Waals surface area contributed by atoms with Crippen molar-refractivity contribution in [1.82, 2.24) is 15.5 Å². The van der Waals surface area contributed by atoms with Crippen molar-refractivity contribution in [2.45, 2.75) is 45.3 Å². The molecule has 0 radical (unpaired) electrons. The summed E-state index contributed by atoms with van der Waals surface area (Å²) in [5.74, 6) is -1.25. The lowest BCUT2D eigenvalue weighted by Gasteiger charge is -2.25. The molecule has 8 heteroatoms. The number of amides is 3. The third-order valence-corrected chi connectivity index (χ3v) is 3.54. The number of likely N-dealkylation sites (tertiary alicyclic amines) is 1. The molecule has 1 atom stereocenters. The molecule has 1 aliphatic heterocycles. The lowest BCUT2D eigenvalue weighted by molar-refractivity contribution is -0.125. The maximum atomic E-state index is 12.3. The van der Waals surface area contributed by atoms with E-state index in [1.807, 2.05) is 13.8 Å². The number of nitrogens with zero attached hydrogens (tertiary/aromatic N) is 1. The van der Waals surface area contributed by atoms with Crippen LogP contribution in [-0.2, 0) is 11.3 Å². The van der Waals surface area contributed by atoms with E-state index < -0.39 is 12.0 Å². The van der Waals surface area contributed by atoms with Crippen LogP contribution < -0.4 is 10.6 Å². The van der Waals surface area contributed by atoms with Crippen molar-refractivity contribution in [1.29, 1.82) is 0 Å². The Morgan fingerprint density at radius 2 is 2.13 bits per heavy atom. The summed E-state index contributed by atoms with van der Waals surface area (Å²) >= 11 is 0. The maximum absolute atomic E-state index is 12.3. The Morgan fingerprint density at radius 3 is 2.74 bits per heavy atom. The van der Waals surface area contributed by atoms with E-state index in [0.29, 0.717) is 18.7 Å². The van der Waals surface area contributed by atoms with Gasteiger partial charge in [-0.05, 0) is 38.8 Å². The number of carboxylic acid groups (broad SMARTS) is 1. The summed E-state index contributed by atoms with van der Waals surface area (Å²) in [6, 6.07) is 2.08. The van der Waals surface area contributed by atoms with E-state index in [1.54, 1.807) is 0 Å². The van der Waals surface area contributed by atoms with Crippen molar-refractivity contribution in [3.8, 4) is 0 Å². The van der Waals surface area contributed by atoms with Gasteiger partial charge in [-0.25, -0.2) is 9.59 Å². The molecule has 8 nitrogen and oxygen atoms in total. The summed E-state index contributed by atoms with van der Waals surface area (Å²) < 4.78 is 5.08. The van der Waals surface area contributed by atoms with Crippen molar-refractivity contribution in [2.24, 2.45) is 0 Å². The molecule has 2 rings (SSSR count). The summed E-state index contributed by atoms with van der Waals surface area (Å²) in [4.78, 5) is 36.6. The molecule has 23 heavy (non-hydrogen) atoms. The van der Waals surface area contributed by atoms with Gasteiger partial charge in [0.15, 0.2) is 0 Å². The standard InChI is InChI=1S/C15H21N3O5/c1-9(2)17-15(22)18-7-3-4-11(18)13(19)16-8-10-5-6-12(23-10)14(20)21/h5-6,9,11H,3-4,7-8H2,1-2H3,(H,16,19)(H,17,22)(H,20,21)/t11-/m0/s1. The van der Waals surface area contributed by atoms with Gasteiger partial charge in [0.25, 0.3) is 0 Å². The third kappa shape index (κ3) is 4.24. The Hall–Kier alpha value is -2.51. The number of carboxylic acids is 1. The zero-order chi connectivity index (χ0) is 17.0. The van der Waals surface area contributed by atoms with E-state index in [-0.39, 0.29) is 30.3 Å². The molecule has 3 N–H and O–H groups in total. The normalized spacial score (nSPS) is 17.3. The zero-order valence-corrected chi connectivity index (χ0v) is 13.2. The smallest absolute Gasteiger partial charge is 0.371 e. The molecule has 1 saturated heterocycles. The topological polar surface area (TPSA) is 112 Å². The molecule has 1 aliphatic rings. The van der Waals surface area contributed by atoms with Gasteiger partial charge in [-0.2, -0.15) is 0 Å². The fourth-order valence-corrected chi connectivity index (χ4v) is 2.49. The molecule has 126 valence electrons. The SMILES string of the molecule is CC(C)NC(=O)N1CCC[C@H]1C(=O)NCc1ccc(C(=O)O)o1. The van der Waals surface area contributed by atoms with Crippen LogP contribution in [0.25, 0.3) is 0 Å². The highest BCUT2D eigenvalue weighted by molar-refractivity contribution is 5.87. The lowest BCUT2D eigenvalue weighted by Crippen LogP contribution is -2.50. The van der Waals surface area contributed by atoms with Crippen LogP contribution in [0.1, 0.15) is 43.0 Å². The van der Waals surface area contributed by atoms with Crippen LogP contribution in [0, 0.1) is 0 Å². The van der Waals surface area contributed by atoms with E-state index in [0.717, 1.165) is 6.42 Å². The quantitative estimate of drug-likeness (QED) is 0.753. The van der Waals surface area contributed by atoms with Crippen molar-refractivity contribution >= 4 is 17.9 Å². The van der Waals surface area contributed by atoms with Gasteiger partial charge in [0.05, 0.1) is 6.54 Å². The molecular weight excluding hydrogens is 302 g/mol. The van der Waals surface area contributed by atoms with Gasteiger partial charge in [0.2, 0.25) is 11.7 Å². The first kappa shape index (κ1) is 16.9. The maximum Gasteiger partial charge on any atom is 0.371 e. The number of furan rings is 1. The van der Waals surface area contributed by atoms with Gasteiger partial charge >= 0.3 is 12.0 Å². The summed E-state index contributed by atoms with van der Waals surface area (Å²) in [6.07, 6.45) is 1.38. The summed E-state index contributed by atoms with van der Waals surface area (Å²) in [6.45, 7) is 4.35. The van der Waals surface area contributed by atoms with E-state index in [2.05, 4.69) is 10.6 Å². The minimum absolute atomic E-state index is 0.00405. The highest BCUT2D eigenvalue weighted by Gasteiger charge is 2.34. The molecule has 0 aromatic carbocycles. The van der Waals surface area contributed by atoms with Crippen molar-refractivity contribution in [3.05, 3.63) is 23.7 Å². The molecule has 3 amide bonds. The zero-order valence-electron chi connectivity index (χ0n) is 13.2. The first-order valence-electron chi connectivity index (χ1n) is 7.55. The minimum atomic E-state index is -1.16. The van der Waals surface area contributed by atoms with Crippen LogP contribution in [0.4, 0.5) is 4.79 Å². The van der Waals surface area contributed by atoms with Crippen LogP contribution in [-0.4, -0.2) is 46.5 Å². The monoisotopic (exact) mass is 323 g/mol. The van der Waals surface area contributed by atoms with Gasteiger partial charge in [0, 0.05) is 12.6 Å². The molecule has 0 unspecified atom stereocenters. The van der Waals surface area contributed by atoms with Crippen molar-refractivity contribution in [2.75, 3.05) is 6.54 Å². The van der Waals surface area contributed by atoms with Crippen LogP contribution in [0.3, 0.4) is 0 Å². The fraction of sp³-hybridized carbons (Fsp3) is 0.533. The minimum Gasteiger partial charge on any atom is -0.475 e. The molecule has 0 saturated carbocycles. The van der Waals surface area contributed by atoms with Gasteiger partial charge in [0.1, 0.15) is 11.8 Å². The fourth-order valence-electron chi connectivity index (χ4n) is 2.49. The molecular formula is C15H21N3O5. The number of urea groups is 1. The van der Waals surface area contributed by atoms with Crippen molar-refractivity contribution < 1.29 is 23.9 Å². The van der Waals surface area contributed by atoms with Gasteiger partial charge in [-0.15, -0.1) is 0 Å². The molecule has 0 bridgehead atoms. The summed E-state index contributed by atoms with van der Waals surface area (Å²) in [5.41, 5.74) is 0. The van der Waals surface area contributed by atoms with E-state index in [1.165, 1.54) is 17.0 Å². The summed E-state index contributed by atoms with van der Waals surface area (Å²) in [7, 11) is 0. The van der Waals surface area contributed by atoms with Gasteiger partial charge < -0.3 is 25.1 Å². The Morgan fingerprint density at radius 1 is 1.39 bits per heavy atom. The number of aromatic carboxylic acids is 1. The molecule has 2 heterocycles. The Balaban J connectivity index is 1.91. The van der Waals surface area contributed by atoms with Gasteiger partial charge in [-0.1, -0.05) is 0 Å². The number of rotatable bonds is 5. The second-order valence-corrected chi connectivity index (χ2v) is 5.74. The largest absolute Gasteiger partial charge is 0.475 e. The van der Waals surface area contributed by atoms with E-state index >= 15 is 0 Å². The van der Waals surface area contributed by atoms with Crippen molar-refractivity contribution in [3.63, 3.8) is 0 Å². The number of hydrogen-bond acceptors (Lipinski definition) is 4. The molecule has 1 fully saturated rings. The Kier molecular flexibility index (Phi) is 5.25. The highest BCUT2D eigenvalue weighted by atomic mass is 16.4. The number of nitrogens with one attached hydrogen (secondary N) is 2. The van der Waals surface area contributed by atoms with Crippen LogP contribution in [0.2, 0.25) is 0 Å². The Bertz CT molecular complexity index is 596. The molecule has 0 aliphatic carbocycles. The van der Waals surface area contributed by atoms with Gasteiger partial charge in [-0.3, -0.25) is 4.79 Å². The second kappa shape index (κ2) is 7.17. The molecule has 0 spiro atoms. The Labute approximate surface area is 133 Å². The predicted octanol–water partition coefficient (Wildman–Crippen LogP) is 1.18. The number of hydrogen-bond donors (Lipinski definition) is 3. The molecule has 1 aromatic rings. The van der Waals surface area contributed by atoms with Crippen LogP contribution in [0.5, 0.6) is 0 Å². The number of carbonyl (C=O) groups excluding carboxylic acids is 2. The summed E-state index contributed by atoms with van der Waals surface area (Å²) in [5, 5.41) is 14.3. The highest BCUT2D eigenvalue weighted by Crippen LogP contribution is 2.18. The average Bonchev–Trinajstić information content (AvgIpc) is 3.13. The first-order valence-corrected chi connectivity index (χ1v) is 7.55. The van der Waals surface area contributed by atoms with Crippen LogP contribution in [0.15, 0.2) is 16.5 Å². The predicted molar refractivity (Wildman–Crippen MR) is 80.9 cm³/mol. The first-order chi connectivity index (χ1) is 10.9. The molecule has 1 aromatic heterocycles.